The minimum absolute atomic E-state index is 0.0730. The predicted octanol–water partition coefficient (Wildman–Crippen LogP) is 2.41. The highest BCUT2D eigenvalue weighted by atomic mass is 16.3. The SMILES string of the molecule is NC(=O)/N=N/c1c(O)cc(O)c2ccccc12. The third kappa shape index (κ3) is 2.00. The normalized spacial score (nSPS) is 11.1. The average Bonchev–Trinajstić information content (AvgIpc) is 2.28. The number of fused-ring (bicyclic) bond motifs is 1. The van der Waals surface area contributed by atoms with Gasteiger partial charge in [0.1, 0.15) is 17.2 Å². The number of azo groups is 1. The first kappa shape index (κ1) is 10.9. The fourth-order valence-electron chi connectivity index (χ4n) is 1.53. The number of hydrogen-bond donors (Lipinski definition) is 3. The number of phenols is 2. The zero-order valence-corrected chi connectivity index (χ0v) is 8.66. The van der Waals surface area contributed by atoms with Crippen molar-refractivity contribution >= 4 is 22.5 Å². The van der Waals surface area contributed by atoms with Crippen LogP contribution in [0, 0.1) is 0 Å². The number of urea groups is 1. The highest BCUT2D eigenvalue weighted by Crippen LogP contribution is 2.40. The van der Waals surface area contributed by atoms with Crippen LogP contribution in [0.5, 0.6) is 11.5 Å². The zero-order valence-electron chi connectivity index (χ0n) is 8.66. The lowest BCUT2D eigenvalue weighted by molar-refractivity contribution is 0.255. The molecule has 0 aliphatic carbocycles. The molecule has 0 aliphatic heterocycles. The van der Waals surface area contributed by atoms with E-state index in [2.05, 4.69) is 10.2 Å². The number of benzene rings is 2. The van der Waals surface area contributed by atoms with Gasteiger partial charge in [-0.05, 0) is 0 Å². The number of nitrogens with two attached hydrogens (primary N) is 1. The molecule has 2 amide bonds. The van der Waals surface area contributed by atoms with Crippen LogP contribution in [-0.4, -0.2) is 16.2 Å². The molecular weight excluding hydrogens is 222 g/mol. The molecule has 6 nitrogen and oxygen atoms in total. The summed E-state index contributed by atoms with van der Waals surface area (Å²) in [6, 6.07) is 6.93. The van der Waals surface area contributed by atoms with Crippen LogP contribution >= 0.6 is 0 Å². The van der Waals surface area contributed by atoms with Gasteiger partial charge >= 0.3 is 6.03 Å². The minimum atomic E-state index is -0.957. The number of nitrogens with zero attached hydrogens (tertiary/aromatic N) is 2. The first-order chi connectivity index (χ1) is 8.09. The highest BCUT2D eigenvalue weighted by molar-refractivity contribution is 5.99. The highest BCUT2D eigenvalue weighted by Gasteiger charge is 2.10. The lowest BCUT2D eigenvalue weighted by Crippen LogP contribution is -2.01. The molecule has 4 N–H and O–H groups in total. The van der Waals surface area contributed by atoms with E-state index >= 15 is 0 Å². The molecule has 0 spiro atoms. The van der Waals surface area contributed by atoms with Crippen LogP contribution < -0.4 is 5.73 Å². The molecule has 2 rings (SSSR count). The van der Waals surface area contributed by atoms with Crippen molar-refractivity contribution in [1.29, 1.82) is 0 Å². The van der Waals surface area contributed by atoms with Crippen LogP contribution in [-0.2, 0) is 0 Å². The maximum Gasteiger partial charge on any atom is 0.356 e. The summed E-state index contributed by atoms with van der Waals surface area (Å²) in [4.78, 5) is 10.5. The van der Waals surface area contributed by atoms with E-state index in [4.69, 9.17) is 5.73 Å². The largest absolute Gasteiger partial charge is 0.507 e. The summed E-state index contributed by atoms with van der Waals surface area (Å²) in [5, 5.41) is 27.0. The minimum Gasteiger partial charge on any atom is -0.507 e. The Kier molecular flexibility index (Phi) is 2.61. The second kappa shape index (κ2) is 4.09. The van der Waals surface area contributed by atoms with Crippen molar-refractivity contribution < 1.29 is 15.0 Å². The number of rotatable bonds is 1. The smallest absolute Gasteiger partial charge is 0.356 e. The molecule has 0 saturated carbocycles. The van der Waals surface area contributed by atoms with Gasteiger partial charge in [0.05, 0.1) is 0 Å². The Morgan fingerprint density at radius 3 is 2.41 bits per heavy atom. The van der Waals surface area contributed by atoms with Gasteiger partial charge in [-0.2, -0.15) is 0 Å². The Morgan fingerprint density at radius 2 is 1.76 bits per heavy atom. The van der Waals surface area contributed by atoms with E-state index in [1.54, 1.807) is 24.3 Å². The number of aromatic hydroxyl groups is 2. The van der Waals surface area contributed by atoms with Crippen molar-refractivity contribution in [3.8, 4) is 11.5 Å². The Morgan fingerprint density at radius 1 is 1.12 bits per heavy atom. The third-order valence-electron chi connectivity index (χ3n) is 2.22. The molecule has 0 saturated heterocycles. The fraction of sp³-hybridized carbons (Fsp3) is 0. The van der Waals surface area contributed by atoms with Crippen molar-refractivity contribution in [2.24, 2.45) is 16.0 Å². The molecule has 0 atom stereocenters. The predicted molar refractivity (Wildman–Crippen MR) is 61.4 cm³/mol. The van der Waals surface area contributed by atoms with Crippen molar-refractivity contribution in [1.82, 2.24) is 0 Å². The molecule has 0 unspecified atom stereocenters. The zero-order chi connectivity index (χ0) is 12.4. The van der Waals surface area contributed by atoms with Gasteiger partial charge in [0.2, 0.25) is 0 Å². The molecule has 0 fully saturated rings. The van der Waals surface area contributed by atoms with Gasteiger partial charge in [-0.25, -0.2) is 4.79 Å². The molecule has 0 bridgehead atoms. The van der Waals surface area contributed by atoms with Crippen LogP contribution in [0.3, 0.4) is 0 Å². The average molecular weight is 231 g/mol. The lowest BCUT2D eigenvalue weighted by atomic mass is 10.1. The molecule has 86 valence electrons. The fourth-order valence-corrected chi connectivity index (χ4v) is 1.53. The summed E-state index contributed by atoms with van der Waals surface area (Å²) < 4.78 is 0. The van der Waals surface area contributed by atoms with E-state index in [1.165, 1.54) is 0 Å². The monoisotopic (exact) mass is 231 g/mol. The van der Waals surface area contributed by atoms with Crippen LogP contribution in [0.4, 0.5) is 10.5 Å². The van der Waals surface area contributed by atoms with Crippen LogP contribution in [0.1, 0.15) is 0 Å². The lowest BCUT2D eigenvalue weighted by Gasteiger charge is -2.05. The van der Waals surface area contributed by atoms with Gasteiger partial charge in [0.25, 0.3) is 0 Å². The molecule has 0 radical (unpaired) electrons. The Labute approximate surface area is 96.0 Å². The molecule has 17 heavy (non-hydrogen) atoms. The maximum atomic E-state index is 10.5. The van der Waals surface area contributed by atoms with E-state index in [0.717, 1.165) is 6.07 Å². The van der Waals surface area contributed by atoms with Crippen molar-refractivity contribution in [2.45, 2.75) is 0 Å². The van der Waals surface area contributed by atoms with Gasteiger partial charge in [-0.3, -0.25) is 0 Å². The number of primary amides is 1. The van der Waals surface area contributed by atoms with E-state index in [0.29, 0.717) is 10.8 Å². The van der Waals surface area contributed by atoms with Gasteiger partial charge < -0.3 is 15.9 Å². The maximum absolute atomic E-state index is 10.5. The standard InChI is InChI=1S/C11H9N3O3/c12-11(17)14-13-10-7-4-2-1-3-6(7)8(15)5-9(10)16/h1-5,15-16H,(H2,12,17)/b14-13+. The number of hydrogen-bond acceptors (Lipinski definition) is 4. The van der Waals surface area contributed by atoms with Gasteiger partial charge in [0, 0.05) is 16.8 Å². The topological polar surface area (TPSA) is 108 Å². The number of phenolic OH excluding ortho intramolecular Hbond substituents is 2. The third-order valence-corrected chi connectivity index (χ3v) is 2.22. The molecule has 0 heterocycles. The summed E-state index contributed by atoms with van der Waals surface area (Å²) in [5.41, 5.74) is 4.93. The number of carbonyl (C=O) groups excluding carboxylic acids is 1. The van der Waals surface area contributed by atoms with Crippen molar-refractivity contribution in [2.75, 3.05) is 0 Å². The Hall–Kier alpha value is -2.63. The summed E-state index contributed by atoms with van der Waals surface area (Å²) in [5.74, 6) is -0.345. The van der Waals surface area contributed by atoms with Gasteiger partial charge in [-0.15, -0.1) is 5.11 Å². The first-order valence-corrected chi connectivity index (χ1v) is 4.74. The van der Waals surface area contributed by atoms with E-state index in [-0.39, 0.29) is 17.2 Å². The summed E-state index contributed by atoms with van der Waals surface area (Å²) in [6.07, 6.45) is 0. The van der Waals surface area contributed by atoms with Crippen LogP contribution in [0.15, 0.2) is 40.6 Å². The molecule has 0 aliphatic rings. The number of carbonyl (C=O) groups is 1. The van der Waals surface area contributed by atoms with Gasteiger partial charge in [0.15, 0.2) is 0 Å². The molecule has 6 heteroatoms. The Balaban J connectivity index is 2.73. The molecular formula is C11H9N3O3. The second-order valence-electron chi connectivity index (χ2n) is 3.35. The Bertz CT molecular complexity index is 623. The van der Waals surface area contributed by atoms with Crippen molar-refractivity contribution in [3.63, 3.8) is 0 Å². The molecule has 2 aromatic rings. The van der Waals surface area contributed by atoms with E-state index in [9.17, 15) is 15.0 Å². The van der Waals surface area contributed by atoms with E-state index in [1.807, 2.05) is 0 Å². The first-order valence-electron chi connectivity index (χ1n) is 4.74. The summed E-state index contributed by atoms with van der Waals surface area (Å²) >= 11 is 0. The summed E-state index contributed by atoms with van der Waals surface area (Å²) in [7, 11) is 0. The number of amides is 2. The van der Waals surface area contributed by atoms with Gasteiger partial charge in [-0.1, -0.05) is 29.4 Å². The van der Waals surface area contributed by atoms with E-state index < -0.39 is 6.03 Å². The molecule has 2 aromatic carbocycles. The summed E-state index contributed by atoms with van der Waals surface area (Å²) in [6.45, 7) is 0. The molecule has 0 aromatic heterocycles. The van der Waals surface area contributed by atoms with Crippen LogP contribution in [0.2, 0.25) is 0 Å². The van der Waals surface area contributed by atoms with Crippen molar-refractivity contribution in [3.05, 3.63) is 30.3 Å². The van der Waals surface area contributed by atoms with Crippen LogP contribution in [0.25, 0.3) is 10.8 Å². The quantitative estimate of drug-likeness (QED) is 0.655. The second-order valence-corrected chi connectivity index (χ2v) is 3.35.